The molecule has 0 aliphatic heterocycles. The first-order valence-corrected chi connectivity index (χ1v) is 8.03. The van der Waals surface area contributed by atoms with Crippen LogP contribution in [-0.4, -0.2) is 25.3 Å². The molecule has 2 nitrogen and oxygen atoms in total. The number of benzene rings is 1. The Bertz CT molecular complexity index is 494. The van der Waals surface area contributed by atoms with E-state index in [2.05, 4.69) is 15.9 Å². The van der Waals surface area contributed by atoms with Gasteiger partial charge in [-0.2, -0.15) is 13.2 Å². The van der Waals surface area contributed by atoms with Crippen LogP contribution in [0.4, 0.5) is 13.2 Å². The van der Waals surface area contributed by atoms with Crippen LogP contribution in [0.3, 0.4) is 0 Å². The second kappa shape index (κ2) is 5.61. The van der Waals surface area contributed by atoms with Crippen molar-refractivity contribution in [3.8, 4) is 0 Å². The highest BCUT2D eigenvalue weighted by molar-refractivity contribution is 9.09. The molecule has 0 spiro atoms. The zero-order chi connectivity index (χ0) is 14.0. The predicted octanol–water partition coefficient (Wildman–Crippen LogP) is 3.06. The molecule has 1 atom stereocenters. The average Bonchev–Trinajstić information content (AvgIpc) is 2.13. The molecule has 1 unspecified atom stereocenters. The first-order valence-electron chi connectivity index (χ1n) is 5.06. The topological polar surface area (TPSA) is 34.1 Å². The summed E-state index contributed by atoms with van der Waals surface area (Å²) >= 11 is 3.21. The Labute approximate surface area is 112 Å². The number of hydrogen-bond donors (Lipinski definition) is 0. The van der Waals surface area contributed by atoms with Gasteiger partial charge in [-0.05, 0) is 24.1 Å². The normalized spacial score (nSPS) is 14.5. The van der Waals surface area contributed by atoms with Crippen LogP contribution in [0, 0.1) is 0 Å². The van der Waals surface area contributed by atoms with Gasteiger partial charge in [0.2, 0.25) is 0 Å². The summed E-state index contributed by atoms with van der Waals surface area (Å²) in [5.74, 6) is -0.0476. The molecule has 1 aromatic carbocycles. The van der Waals surface area contributed by atoms with Crippen LogP contribution < -0.4 is 0 Å². The zero-order valence-electron chi connectivity index (χ0n) is 9.54. The molecular formula is C11H12BrF3O2S. The maximum absolute atomic E-state index is 12.3. The minimum absolute atomic E-state index is 0.0476. The van der Waals surface area contributed by atoms with Gasteiger partial charge in [-0.15, -0.1) is 0 Å². The van der Waals surface area contributed by atoms with E-state index in [1.54, 1.807) is 0 Å². The lowest BCUT2D eigenvalue weighted by atomic mass is 10.1. The summed E-state index contributed by atoms with van der Waals surface area (Å²) in [6, 6.07) is 4.71. The summed E-state index contributed by atoms with van der Waals surface area (Å²) in [7, 11) is -3.10. The molecule has 0 saturated carbocycles. The van der Waals surface area contributed by atoms with Gasteiger partial charge < -0.3 is 0 Å². The van der Waals surface area contributed by atoms with E-state index < -0.39 is 21.6 Å². The Morgan fingerprint density at radius 1 is 1.22 bits per heavy atom. The standard InChI is InChI=1S/C11H12BrF3O2S/c1-18(16,17)7-10(12)6-8-2-4-9(5-3-8)11(13,14)15/h2-5,10H,6-7H2,1H3. The van der Waals surface area contributed by atoms with Crippen LogP contribution in [0.15, 0.2) is 24.3 Å². The molecule has 0 N–H and O–H groups in total. The Hall–Kier alpha value is -0.560. The van der Waals surface area contributed by atoms with Crippen molar-refractivity contribution < 1.29 is 21.6 Å². The number of rotatable bonds is 4. The van der Waals surface area contributed by atoms with Gasteiger partial charge in [-0.1, -0.05) is 28.1 Å². The number of alkyl halides is 4. The fraction of sp³-hybridized carbons (Fsp3) is 0.455. The maximum atomic E-state index is 12.3. The molecule has 102 valence electrons. The van der Waals surface area contributed by atoms with Crippen molar-refractivity contribution in [3.63, 3.8) is 0 Å². The van der Waals surface area contributed by atoms with Crippen molar-refractivity contribution in [3.05, 3.63) is 35.4 Å². The van der Waals surface area contributed by atoms with Crippen LogP contribution in [0.25, 0.3) is 0 Å². The highest BCUT2D eigenvalue weighted by Crippen LogP contribution is 2.29. The smallest absolute Gasteiger partial charge is 0.229 e. The summed E-state index contributed by atoms with van der Waals surface area (Å²) < 4.78 is 59.0. The average molecular weight is 345 g/mol. The molecular weight excluding hydrogens is 333 g/mol. The number of halogens is 4. The lowest BCUT2D eigenvalue weighted by Crippen LogP contribution is -2.16. The lowest BCUT2D eigenvalue weighted by molar-refractivity contribution is -0.137. The fourth-order valence-corrected chi connectivity index (χ4v) is 4.06. The van der Waals surface area contributed by atoms with Crippen LogP contribution in [0.2, 0.25) is 0 Å². The van der Waals surface area contributed by atoms with E-state index in [0.717, 1.165) is 18.4 Å². The second-order valence-electron chi connectivity index (χ2n) is 4.09. The summed E-state index contributed by atoms with van der Waals surface area (Å²) in [5.41, 5.74) is -0.0472. The van der Waals surface area contributed by atoms with Crippen molar-refractivity contribution in [1.29, 1.82) is 0 Å². The van der Waals surface area contributed by atoms with Crippen molar-refractivity contribution in [2.24, 2.45) is 0 Å². The van der Waals surface area contributed by atoms with Crippen LogP contribution in [0.5, 0.6) is 0 Å². The molecule has 0 fully saturated rings. The first-order chi connectivity index (χ1) is 8.08. The quantitative estimate of drug-likeness (QED) is 0.786. The summed E-state index contributed by atoms with van der Waals surface area (Å²) in [5, 5.41) is 0. The molecule has 1 aromatic rings. The molecule has 0 bridgehead atoms. The van der Waals surface area contributed by atoms with E-state index in [-0.39, 0.29) is 10.6 Å². The number of hydrogen-bond acceptors (Lipinski definition) is 2. The third-order valence-electron chi connectivity index (χ3n) is 2.22. The molecule has 1 rings (SSSR count). The van der Waals surface area contributed by atoms with Gasteiger partial charge in [0.05, 0.1) is 11.3 Å². The van der Waals surface area contributed by atoms with Gasteiger partial charge in [-0.25, -0.2) is 8.42 Å². The molecule has 0 aliphatic carbocycles. The van der Waals surface area contributed by atoms with Crippen molar-refractivity contribution in [1.82, 2.24) is 0 Å². The fourth-order valence-electron chi connectivity index (χ4n) is 1.47. The zero-order valence-corrected chi connectivity index (χ0v) is 11.9. The summed E-state index contributed by atoms with van der Waals surface area (Å²) in [6.45, 7) is 0. The second-order valence-corrected chi connectivity index (χ2v) is 7.57. The van der Waals surface area contributed by atoms with Crippen molar-refractivity contribution in [2.75, 3.05) is 12.0 Å². The summed E-state index contributed by atoms with van der Waals surface area (Å²) in [6.07, 6.45) is -2.86. The van der Waals surface area contributed by atoms with E-state index in [0.29, 0.717) is 12.0 Å². The van der Waals surface area contributed by atoms with Gasteiger partial charge >= 0.3 is 6.18 Å². The third kappa shape index (κ3) is 5.39. The van der Waals surface area contributed by atoms with E-state index >= 15 is 0 Å². The molecule has 0 amide bonds. The molecule has 0 aliphatic rings. The summed E-state index contributed by atoms with van der Waals surface area (Å²) in [4.78, 5) is -0.302. The van der Waals surface area contributed by atoms with Crippen LogP contribution >= 0.6 is 15.9 Å². The Morgan fingerprint density at radius 3 is 2.11 bits per heavy atom. The van der Waals surface area contributed by atoms with Gasteiger partial charge in [-0.3, -0.25) is 0 Å². The van der Waals surface area contributed by atoms with Crippen molar-refractivity contribution in [2.45, 2.75) is 17.4 Å². The highest BCUT2D eigenvalue weighted by Gasteiger charge is 2.29. The molecule has 0 aromatic heterocycles. The van der Waals surface area contributed by atoms with Gasteiger partial charge in [0.25, 0.3) is 0 Å². The van der Waals surface area contributed by atoms with Crippen LogP contribution in [-0.2, 0) is 22.4 Å². The van der Waals surface area contributed by atoms with Crippen LogP contribution in [0.1, 0.15) is 11.1 Å². The Kier molecular flexibility index (Phi) is 4.83. The Morgan fingerprint density at radius 2 is 1.72 bits per heavy atom. The molecule has 7 heteroatoms. The third-order valence-corrected chi connectivity index (χ3v) is 4.31. The van der Waals surface area contributed by atoms with Gasteiger partial charge in [0.15, 0.2) is 0 Å². The molecule has 18 heavy (non-hydrogen) atoms. The number of sulfone groups is 1. The first kappa shape index (κ1) is 15.5. The monoisotopic (exact) mass is 344 g/mol. The van der Waals surface area contributed by atoms with E-state index in [4.69, 9.17) is 0 Å². The molecule has 0 heterocycles. The van der Waals surface area contributed by atoms with E-state index in [1.165, 1.54) is 12.1 Å². The predicted molar refractivity (Wildman–Crippen MR) is 67.6 cm³/mol. The van der Waals surface area contributed by atoms with Gasteiger partial charge in [0, 0.05) is 11.1 Å². The molecule has 0 saturated heterocycles. The minimum Gasteiger partial charge on any atom is -0.229 e. The Balaban J connectivity index is 2.70. The molecule has 0 radical (unpaired) electrons. The SMILES string of the molecule is CS(=O)(=O)CC(Br)Cc1ccc(C(F)(F)F)cc1. The maximum Gasteiger partial charge on any atom is 0.416 e. The highest BCUT2D eigenvalue weighted by atomic mass is 79.9. The van der Waals surface area contributed by atoms with Crippen molar-refractivity contribution >= 4 is 25.8 Å². The largest absolute Gasteiger partial charge is 0.416 e. The van der Waals surface area contributed by atoms with Gasteiger partial charge in [0.1, 0.15) is 9.84 Å². The lowest BCUT2D eigenvalue weighted by Gasteiger charge is -2.10. The van der Waals surface area contributed by atoms with E-state index in [1.807, 2.05) is 0 Å². The minimum atomic E-state index is -4.35. The van der Waals surface area contributed by atoms with E-state index in [9.17, 15) is 21.6 Å².